The minimum absolute atomic E-state index is 0.0438. The zero-order chi connectivity index (χ0) is 20.7. The maximum atomic E-state index is 13.4. The van der Waals surface area contributed by atoms with E-state index in [1.165, 1.54) is 27.5 Å². The predicted octanol–water partition coefficient (Wildman–Crippen LogP) is 6.87. The topological polar surface area (TPSA) is 20.3 Å². The van der Waals surface area contributed by atoms with Crippen molar-refractivity contribution in [3.63, 3.8) is 0 Å². The molecule has 0 aliphatic carbocycles. The summed E-state index contributed by atoms with van der Waals surface area (Å²) in [6, 6.07) is 28.8. The highest BCUT2D eigenvalue weighted by atomic mass is 35.5. The molecular weight excluding hydrogens is 390 g/mol. The number of benzene rings is 4. The van der Waals surface area contributed by atoms with E-state index in [1.54, 1.807) is 0 Å². The number of nitrogens with zero attached hydrogens (tertiary/aromatic N) is 1. The Morgan fingerprint density at radius 1 is 0.900 bits per heavy atom. The van der Waals surface area contributed by atoms with Gasteiger partial charge in [0.1, 0.15) is 0 Å². The molecule has 0 radical (unpaired) electrons. The first-order valence-electron chi connectivity index (χ1n) is 10.2. The highest BCUT2D eigenvalue weighted by molar-refractivity contribution is 6.31. The Kier molecular flexibility index (Phi) is 4.80. The smallest absolute Gasteiger partial charge is 0.228 e. The van der Waals surface area contributed by atoms with E-state index >= 15 is 0 Å². The molecule has 148 valence electrons. The van der Waals surface area contributed by atoms with Crippen LogP contribution in [-0.4, -0.2) is 5.91 Å². The first-order valence-corrected chi connectivity index (χ1v) is 10.6. The van der Waals surface area contributed by atoms with Gasteiger partial charge in [-0.1, -0.05) is 84.4 Å². The van der Waals surface area contributed by atoms with Gasteiger partial charge < -0.3 is 4.90 Å². The third-order valence-electron chi connectivity index (χ3n) is 6.12. The Hall–Kier alpha value is -3.10. The van der Waals surface area contributed by atoms with Gasteiger partial charge in [-0.05, 0) is 52.1 Å². The molecule has 0 bridgehead atoms. The van der Waals surface area contributed by atoms with Gasteiger partial charge >= 0.3 is 0 Å². The van der Waals surface area contributed by atoms with Crippen LogP contribution >= 0.6 is 11.6 Å². The van der Waals surface area contributed by atoms with Gasteiger partial charge in [-0.15, -0.1) is 0 Å². The van der Waals surface area contributed by atoms with Crippen LogP contribution in [0.15, 0.2) is 84.9 Å². The van der Waals surface area contributed by atoms with Crippen molar-refractivity contribution in [2.75, 3.05) is 4.90 Å². The van der Waals surface area contributed by atoms with Gasteiger partial charge in [-0.3, -0.25) is 4.79 Å². The van der Waals surface area contributed by atoms with Crippen molar-refractivity contribution in [2.45, 2.75) is 25.8 Å². The molecule has 0 saturated heterocycles. The number of amides is 1. The molecule has 1 unspecified atom stereocenters. The second kappa shape index (κ2) is 7.62. The molecule has 1 atom stereocenters. The summed E-state index contributed by atoms with van der Waals surface area (Å²) < 4.78 is 0. The van der Waals surface area contributed by atoms with Crippen LogP contribution < -0.4 is 4.90 Å². The molecular formula is C27H22ClNO. The highest BCUT2D eigenvalue weighted by Crippen LogP contribution is 2.45. The van der Waals surface area contributed by atoms with E-state index in [9.17, 15) is 4.79 Å². The van der Waals surface area contributed by atoms with Crippen LogP contribution in [0.4, 0.5) is 5.69 Å². The Labute approximate surface area is 181 Å². The summed E-state index contributed by atoms with van der Waals surface area (Å²) in [5.74, 6) is 0.174. The number of halogens is 1. The molecule has 0 spiro atoms. The minimum atomic E-state index is 0.0438. The zero-order valence-corrected chi connectivity index (χ0v) is 17.6. The molecule has 1 aliphatic heterocycles. The molecule has 30 heavy (non-hydrogen) atoms. The summed E-state index contributed by atoms with van der Waals surface area (Å²) in [6.45, 7) is 2.60. The Morgan fingerprint density at radius 3 is 2.47 bits per heavy atom. The van der Waals surface area contributed by atoms with Crippen LogP contribution in [0.3, 0.4) is 0 Å². The van der Waals surface area contributed by atoms with Crippen LogP contribution in [0.5, 0.6) is 0 Å². The number of carbonyl (C=O) groups excluding carboxylic acids is 1. The number of anilines is 1. The number of hydrogen-bond donors (Lipinski definition) is 0. The molecule has 3 heteroatoms. The fourth-order valence-corrected chi connectivity index (χ4v) is 4.82. The first-order chi connectivity index (χ1) is 14.6. The molecule has 0 aromatic heterocycles. The fraction of sp³-hybridized carbons (Fsp3) is 0.148. The fourth-order valence-electron chi connectivity index (χ4n) is 4.62. The number of rotatable bonds is 3. The van der Waals surface area contributed by atoms with Gasteiger partial charge in [0.05, 0.1) is 6.54 Å². The molecule has 0 saturated carbocycles. The Morgan fingerprint density at radius 2 is 1.63 bits per heavy atom. The lowest BCUT2D eigenvalue weighted by atomic mass is 9.79. The molecule has 4 aromatic carbocycles. The summed E-state index contributed by atoms with van der Waals surface area (Å²) in [4.78, 5) is 15.3. The number of fused-ring (bicyclic) bond motifs is 3. The van der Waals surface area contributed by atoms with Crippen LogP contribution in [0.2, 0.25) is 5.02 Å². The van der Waals surface area contributed by atoms with Gasteiger partial charge in [0, 0.05) is 23.0 Å². The predicted molar refractivity (Wildman–Crippen MR) is 124 cm³/mol. The van der Waals surface area contributed by atoms with Crippen LogP contribution in [0.25, 0.3) is 10.8 Å². The largest absolute Gasteiger partial charge is 0.308 e. The van der Waals surface area contributed by atoms with Crippen molar-refractivity contribution in [3.8, 4) is 0 Å². The molecule has 4 aromatic rings. The van der Waals surface area contributed by atoms with E-state index in [4.69, 9.17) is 11.6 Å². The summed E-state index contributed by atoms with van der Waals surface area (Å²) >= 11 is 6.42. The maximum Gasteiger partial charge on any atom is 0.228 e. The van der Waals surface area contributed by atoms with E-state index in [1.807, 2.05) is 29.2 Å². The highest BCUT2D eigenvalue weighted by Gasteiger charge is 2.34. The van der Waals surface area contributed by atoms with E-state index in [2.05, 4.69) is 67.6 Å². The molecule has 5 rings (SSSR count). The Balaban J connectivity index is 1.71. The van der Waals surface area contributed by atoms with E-state index in [0.29, 0.717) is 18.0 Å². The summed E-state index contributed by atoms with van der Waals surface area (Å²) in [5, 5.41) is 3.09. The van der Waals surface area contributed by atoms with E-state index in [0.717, 1.165) is 11.3 Å². The first kappa shape index (κ1) is 18.9. The lowest BCUT2D eigenvalue weighted by Gasteiger charge is -2.36. The lowest BCUT2D eigenvalue weighted by Crippen LogP contribution is -2.36. The summed E-state index contributed by atoms with van der Waals surface area (Å²) in [7, 11) is 0. The number of hydrogen-bond acceptors (Lipinski definition) is 1. The SMILES string of the molecule is Cc1ccccc1C1CC(=O)N(Cc2ccccc2Cl)c2ccc3ccccc3c21. The van der Waals surface area contributed by atoms with E-state index in [-0.39, 0.29) is 11.8 Å². The van der Waals surface area contributed by atoms with Gasteiger partial charge in [0.15, 0.2) is 0 Å². The molecule has 0 N–H and O–H groups in total. The molecule has 1 amide bonds. The van der Waals surface area contributed by atoms with Crippen molar-refractivity contribution in [1.29, 1.82) is 0 Å². The summed E-state index contributed by atoms with van der Waals surface area (Å²) in [6.07, 6.45) is 0.455. The van der Waals surface area contributed by atoms with Crippen LogP contribution in [-0.2, 0) is 11.3 Å². The standard InChI is InChI=1S/C27H22ClNO/c1-18-8-2-5-11-21(18)23-16-26(30)29(17-20-10-4-7-13-24(20)28)25-15-14-19-9-3-6-12-22(19)27(23)25/h2-15,23H,16-17H2,1H3. The average Bonchev–Trinajstić information content (AvgIpc) is 2.77. The lowest BCUT2D eigenvalue weighted by molar-refractivity contribution is -0.119. The van der Waals surface area contributed by atoms with Crippen molar-refractivity contribution in [2.24, 2.45) is 0 Å². The maximum absolute atomic E-state index is 13.4. The third kappa shape index (κ3) is 3.18. The average molecular weight is 412 g/mol. The molecule has 1 aliphatic rings. The minimum Gasteiger partial charge on any atom is -0.308 e. The molecule has 0 fully saturated rings. The van der Waals surface area contributed by atoms with E-state index < -0.39 is 0 Å². The van der Waals surface area contributed by atoms with Gasteiger partial charge in [0.25, 0.3) is 0 Å². The second-order valence-electron chi connectivity index (χ2n) is 7.90. The number of carbonyl (C=O) groups is 1. The van der Waals surface area contributed by atoms with Crippen molar-refractivity contribution < 1.29 is 4.79 Å². The number of aryl methyl sites for hydroxylation is 1. The molecule has 2 nitrogen and oxygen atoms in total. The second-order valence-corrected chi connectivity index (χ2v) is 8.31. The summed E-state index contributed by atoms with van der Waals surface area (Å²) in [5.41, 5.74) is 5.61. The monoisotopic (exact) mass is 411 g/mol. The zero-order valence-electron chi connectivity index (χ0n) is 16.8. The Bertz CT molecular complexity index is 1260. The normalized spacial score (nSPS) is 16.0. The van der Waals surface area contributed by atoms with Gasteiger partial charge in [0.2, 0.25) is 5.91 Å². The van der Waals surface area contributed by atoms with Crippen LogP contribution in [0.1, 0.15) is 34.6 Å². The third-order valence-corrected chi connectivity index (χ3v) is 6.49. The van der Waals surface area contributed by atoms with Crippen molar-refractivity contribution in [1.82, 2.24) is 0 Å². The van der Waals surface area contributed by atoms with Crippen LogP contribution in [0, 0.1) is 6.92 Å². The van der Waals surface area contributed by atoms with Gasteiger partial charge in [-0.2, -0.15) is 0 Å². The van der Waals surface area contributed by atoms with Crippen molar-refractivity contribution >= 4 is 34.0 Å². The van der Waals surface area contributed by atoms with Gasteiger partial charge in [-0.25, -0.2) is 0 Å². The van der Waals surface area contributed by atoms with Crippen molar-refractivity contribution in [3.05, 3.63) is 112 Å². The quantitative estimate of drug-likeness (QED) is 0.360. The molecule has 1 heterocycles.